The Morgan fingerprint density at radius 3 is 2.90 bits per heavy atom. The van der Waals surface area contributed by atoms with Crippen molar-refractivity contribution in [1.82, 2.24) is 9.97 Å². The summed E-state index contributed by atoms with van der Waals surface area (Å²) >= 11 is 3.38. The molecule has 2 aromatic heterocycles. The molecule has 2 aromatic rings. The number of nitrogens with one attached hydrogen (secondary N) is 2. The van der Waals surface area contributed by atoms with Crippen LogP contribution in [0.2, 0.25) is 0 Å². The lowest BCUT2D eigenvalue weighted by Crippen LogP contribution is -2.16. The van der Waals surface area contributed by atoms with E-state index in [2.05, 4.69) is 36.5 Å². The van der Waals surface area contributed by atoms with Gasteiger partial charge in [0.2, 0.25) is 0 Å². The quantitative estimate of drug-likeness (QED) is 0.900. The van der Waals surface area contributed by atoms with E-state index in [0.29, 0.717) is 23.7 Å². The second kappa shape index (κ2) is 6.47. The Morgan fingerprint density at radius 2 is 2.20 bits per heavy atom. The molecule has 0 aliphatic heterocycles. The number of amides is 1. The molecule has 6 heteroatoms. The van der Waals surface area contributed by atoms with Crippen molar-refractivity contribution in [2.75, 3.05) is 17.2 Å². The van der Waals surface area contributed by atoms with Crippen LogP contribution in [-0.2, 0) is 0 Å². The van der Waals surface area contributed by atoms with Gasteiger partial charge >= 0.3 is 0 Å². The average molecular weight is 335 g/mol. The maximum absolute atomic E-state index is 12.3. The van der Waals surface area contributed by atoms with E-state index in [1.807, 2.05) is 19.9 Å². The fourth-order valence-electron chi connectivity index (χ4n) is 1.69. The predicted molar refractivity (Wildman–Crippen MR) is 83.0 cm³/mol. The molecule has 0 aliphatic carbocycles. The summed E-state index contributed by atoms with van der Waals surface area (Å²) in [6.45, 7) is 4.60. The molecule has 0 spiro atoms. The Bertz CT molecular complexity index is 630. The highest BCUT2D eigenvalue weighted by Gasteiger charge is 2.12. The molecule has 20 heavy (non-hydrogen) atoms. The highest BCUT2D eigenvalue weighted by atomic mass is 79.9. The Hall–Kier alpha value is -1.95. The van der Waals surface area contributed by atoms with Crippen LogP contribution in [0.5, 0.6) is 0 Å². The van der Waals surface area contributed by atoms with Gasteiger partial charge in [0.25, 0.3) is 5.91 Å². The number of pyridine rings is 2. The molecule has 2 N–H and O–H groups in total. The predicted octanol–water partition coefficient (Wildman–Crippen LogP) is 3.23. The number of aromatic nitrogens is 2. The zero-order valence-corrected chi connectivity index (χ0v) is 12.9. The summed E-state index contributed by atoms with van der Waals surface area (Å²) in [4.78, 5) is 20.6. The molecule has 0 saturated heterocycles. The van der Waals surface area contributed by atoms with Crippen LogP contribution in [0, 0.1) is 6.92 Å². The molecule has 1 amide bonds. The summed E-state index contributed by atoms with van der Waals surface area (Å²) in [6.07, 6.45) is 3.32. The molecule has 104 valence electrons. The lowest BCUT2D eigenvalue weighted by molar-refractivity contribution is 0.102. The minimum absolute atomic E-state index is 0.233. The van der Waals surface area contributed by atoms with Gasteiger partial charge in [0, 0.05) is 23.4 Å². The first-order valence-corrected chi connectivity index (χ1v) is 7.03. The maximum Gasteiger partial charge on any atom is 0.260 e. The van der Waals surface area contributed by atoms with Crippen LogP contribution in [0.25, 0.3) is 0 Å². The van der Waals surface area contributed by atoms with Crippen molar-refractivity contribution >= 4 is 33.5 Å². The number of aryl methyl sites for hydroxylation is 1. The molecule has 0 aromatic carbocycles. The number of nitrogens with zero attached hydrogens (tertiary/aromatic N) is 2. The van der Waals surface area contributed by atoms with Crippen LogP contribution in [-0.4, -0.2) is 22.4 Å². The van der Waals surface area contributed by atoms with E-state index in [0.717, 1.165) is 10.0 Å². The van der Waals surface area contributed by atoms with Gasteiger partial charge in [0.15, 0.2) is 0 Å². The van der Waals surface area contributed by atoms with Crippen LogP contribution in [0.1, 0.15) is 22.8 Å². The molecule has 0 saturated carbocycles. The zero-order chi connectivity index (χ0) is 14.5. The third kappa shape index (κ3) is 3.33. The first kappa shape index (κ1) is 14.5. The van der Waals surface area contributed by atoms with Gasteiger partial charge in [-0.1, -0.05) is 0 Å². The third-order valence-corrected chi connectivity index (χ3v) is 3.52. The summed E-state index contributed by atoms with van der Waals surface area (Å²) in [5.41, 5.74) is 1.50. The van der Waals surface area contributed by atoms with Gasteiger partial charge in [-0.25, -0.2) is 9.97 Å². The van der Waals surface area contributed by atoms with Gasteiger partial charge in [-0.15, -0.1) is 0 Å². The van der Waals surface area contributed by atoms with Gasteiger partial charge in [-0.2, -0.15) is 0 Å². The first-order chi connectivity index (χ1) is 9.61. The average Bonchev–Trinajstić information content (AvgIpc) is 2.44. The van der Waals surface area contributed by atoms with E-state index < -0.39 is 0 Å². The Morgan fingerprint density at radius 1 is 1.40 bits per heavy atom. The number of hydrogen-bond acceptors (Lipinski definition) is 4. The summed E-state index contributed by atoms with van der Waals surface area (Å²) in [5.74, 6) is 0.853. The largest absolute Gasteiger partial charge is 0.370 e. The van der Waals surface area contributed by atoms with Crippen molar-refractivity contribution in [3.8, 4) is 0 Å². The van der Waals surface area contributed by atoms with Crippen molar-refractivity contribution in [2.45, 2.75) is 13.8 Å². The Labute approximate surface area is 126 Å². The van der Waals surface area contributed by atoms with Crippen LogP contribution in [0.15, 0.2) is 35.1 Å². The third-order valence-electron chi connectivity index (χ3n) is 2.69. The topological polar surface area (TPSA) is 66.9 Å². The molecule has 0 aliphatic rings. The highest BCUT2D eigenvalue weighted by molar-refractivity contribution is 9.10. The molecule has 2 heterocycles. The second-order valence-electron chi connectivity index (χ2n) is 4.20. The van der Waals surface area contributed by atoms with E-state index >= 15 is 0 Å². The Balaban J connectivity index is 2.21. The van der Waals surface area contributed by atoms with Gasteiger partial charge in [0.05, 0.1) is 5.56 Å². The SMILES string of the molecule is CCNc1ncccc1C(=O)Nc1cc(C)c(Br)cn1. The maximum atomic E-state index is 12.3. The standard InChI is InChI=1S/C14H15BrN4O/c1-3-16-13-10(5-4-6-17-13)14(20)19-12-7-9(2)11(15)8-18-12/h4-8H,3H2,1-2H3,(H,16,17)(H,18,19,20). The normalized spacial score (nSPS) is 10.2. The molecule has 5 nitrogen and oxygen atoms in total. The molecule has 0 radical (unpaired) electrons. The number of halogens is 1. The van der Waals surface area contributed by atoms with Crippen molar-refractivity contribution in [1.29, 1.82) is 0 Å². The molecule has 2 rings (SSSR count). The van der Waals surface area contributed by atoms with Crippen molar-refractivity contribution < 1.29 is 4.79 Å². The zero-order valence-electron chi connectivity index (χ0n) is 11.3. The molecule has 0 bridgehead atoms. The van der Waals surface area contributed by atoms with Gasteiger partial charge < -0.3 is 10.6 Å². The van der Waals surface area contributed by atoms with Gasteiger partial charge in [0.1, 0.15) is 11.6 Å². The number of carbonyl (C=O) groups is 1. The molecule has 0 unspecified atom stereocenters. The minimum Gasteiger partial charge on any atom is -0.370 e. The number of rotatable bonds is 4. The summed E-state index contributed by atoms with van der Waals surface area (Å²) in [6, 6.07) is 5.27. The minimum atomic E-state index is -0.233. The smallest absolute Gasteiger partial charge is 0.260 e. The molecular weight excluding hydrogens is 320 g/mol. The second-order valence-corrected chi connectivity index (χ2v) is 5.06. The monoisotopic (exact) mass is 334 g/mol. The summed E-state index contributed by atoms with van der Waals surface area (Å²) in [7, 11) is 0. The van der Waals surface area contributed by atoms with Gasteiger partial charge in [-0.05, 0) is 53.5 Å². The summed E-state index contributed by atoms with van der Waals surface area (Å²) in [5, 5.41) is 5.84. The van der Waals surface area contributed by atoms with Crippen LogP contribution < -0.4 is 10.6 Å². The number of anilines is 2. The van der Waals surface area contributed by atoms with E-state index in [1.54, 1.807) is 24.5 Å². The lowest BCUT2D eigenvalue weighted by Gasteiger charge is -2.10. The van der Waals surface area contributed by atoms with Crippen LogP contribution >= 0.6 is 15.9 Å². The fourth-order valence-corrected chi connectivity index (χ4v) is 1.91. The van der Waals surface area contributed by atoms with E-state index in [4.69, 9.17) is 0 Å². The first-order valence-electron chi connectivity index (χ1n) is 6.24. The molecule has 0 atom stereocenters. The summed E-state index contributed by atoms with van der Waals surface area (Å²) < 4.78 is 0.908. The van der Waals surface area contributed by atoms with E-state index in [9.17, 15) is 4.79 Å². The van der Waals surface area contributed by atoms with Crippen molar-refractivity contribution in [3.05, 3.63) is 46.2 Å². The van der Waals surface area contributed by atoms with Crippen LogP contribution in [0.3, 0.4) is 0 Å². The Kier molecular flexibility index (Phi) is 4.68. The molecular formula is C14H15BrN4O. The van der Waals surface area contributed by atoms with E-state index in [1.165, 1.54) is 0 Å². The van der Waals surface area contributed by atoms with Crippen molar-refractivity contribution in [2.24, 2.45) is 0 Å². The van der Waals surface area contributed by atoms with E-state index in [-0.39, 0.29) is 5.91 Å². The fraction of sp³-hybridized carbons (Fsp3) is 0.214. The lowest BCUT2D eigenvalue weighted by atomic mass is 10.2. The number of carbonyl (C=O) groups excluding carboxylic acids is 1. The van der Waals surface area contributed by atoms with Crippen molar-refractivity contribution in [3.63, 3.8) is 0 Å². The van der Waals surface area contributed by atoms with Crippen LogP contribution in [0.4, 0.5) is 11.6 Å². The number of hydrogen-bond donors (Lipinski definition) is 2. The molecule has 0 fully saturated rings. The highest BCUT2D eigenvalue weighted by Crippen LogP contribution is 2.18. The van der Waals surface area contributed by atoms with Gasteiger partial charge in [-0.3, -0.25) is 4.79 Å².